The number of anilines is 1. The van der Waals surface area contributed by atoms with Gasteiger partial charge in [-0.1, -0.05) is 67.0 Å². The SMILES string of the molecule is O=C1CCC(N2Cc3c(C#CC4CCN(C(=O)C5CCC(NC(=O)[C@@H]6NC7(CCCCC7)[C@@]7(C(=O)Nc8cc(Cl)ccc87)[C@H]6c6cccc(F)c6F)CC5)CC4)cccc3C2=O)C(=O)N1. The van der Waals surface area contributed by atoms with E-state index in [-0.39, 0.29) is 72.4 Å². The van der Waals surface area contributed by atoms with Crippen molar-refractivity contribution in [2.75, 3.05) is 18.4 Å². The largest absolute Gasteiger partial charge is 0.352 e. The molecule has 15 heteroatoms. The Bertz CT molecular complexity index is 2570. The van der Waals surface area contributed by atoms with Crippen molar-refractivity contribution < 1.29 is 37.5 Å². The van der Waals surface area contributed by atoms with Crippen molar-refractivity contribution in [1.29, 1.82) is 0 Å². The summed E-state index contributed by atoms with van der Waals surface area (Å²) in [6, 6.07) is 12.5. The second-order valence-electron chi connectivity index (χ2n) is 19.0. The van der Waals surface area contributed by atoms with Crippen LogP contribution >= 0.6 is 11.6 Å². The van der Waals surface area contributed by atoms with E-state index in [0.717, 1.165) is 36.5 Å². The summed E-state index contributed by atoms with van der Waals surface area (Å²) < 4.78 is 31.2. The molecule has 3 aromatic rings. The van der Waals surface area contributed by atoms with E-state index in [0.29, 0.717) is 86.3 Å². The lowest BCUT2D eigenvalue weighted by molar-refractivity contribution is -0.138. The van der Waals surface area contributed by atoms with Crippen LogP contribution in [0, 0.1) is 35.3 Å². The van der Waals surface area contributed by atoms with Gasteiger partial charge in [0.1, 0.15) is 11.5 Å². The topological polar surface area (TPSA) is 157 Å². The predicted molar refractivity (Wildman–Crippen MR) is 236 cm³/mol. The third-order valence-electron chi connectivity index (χ3n) is 15.5. The van der Waals surface area contributed by atoms with Gasteiger partial charge in [-0.25, -0.2) is 8.78 Å². The Morgan fingerprint density at radius 3 is 2.37 bits per heavy atom. The summed E-state index contributed by atoms with van der Waals surface area (Å²) in [5, 5.41) is 12.6. The zero-order valence-corrected chi connectivity index (χ0v) is 36.7. The molecule has 5 fully saturated rings. The molecule has 7 aliphatic rings. The fraction of sp³-hybridized carbons (Fsp3) is 0.480. The maximum Gasteiger partial charge on any atom is 0.255 e. The van der Waals surface area contributed by atoms with Gasteiger partial charge in [0.15, 0.2) is 11.6 Å². The smallest absolute Gasteiger partial charge is 0.255 e. The minimum Gasteiger partial charge on any atom is -0.352 e. The molecule has 5 aliphatic heterocycles. The number of carbonyl (C=O) groups excluding carboxylic acids is 6. The molecule has 5 heterocycles. The summed E-state index contributed by atoms with van der Waals surface area (Å²) in [5.74, 6) is 1.68. The molecule has 10 rings (SSSR count). The van der Waals surface area contributed by atoms with Crippen LogP contribution in [0.5, 0.6) is 0 Å². The van der Waals surface area contributed by atoms with Gasteiger partial charge in [0, 0.05) is 77.2 Å². The second kappa shape index (κ2) is 17.0. The van der Waals surface area contributed by atoms with Crippen LogP contribution in [0.1, 0.15) is 122 Å². The summed E-state index contributed by atoms with van der Waals surface area (Å²) in [4.78, 5) is 84.1. The lowest BCUT2D eigenvalue weighted by atomic mass is 9.55. The number of hydrogen-bond donors (Lipinski definition) is 4. The Morgan fingerprint density at radius 1 is 0.862 bits per heavy atom. The number of imide groups is 1. The van der Waals surface area contributed by atoms with Gasteiger partial charge in [-0.2, -0.15) is 0 Å². The summed E-state index contributed by atoms with van der Waals surface area (Å²) in [6.45, 7) is 1.39. The van der Waals surface area contributed by atoms with Crippen LogP contribution in [0.25, 0.3) is 0 Å². The summed E-state index contributed by atoms with van der Waals surface area (Å²) >= 11 is 6.39. The van der Waals surface area contributed by atoms with Crippen LogP contribution in [0.3, 0.4) is 0 Å². The zero-order valence-electron chi connectivity index (χ0n) is 36.0. The molecule has 12 nitrogen and oxygen atoms in total. The van der Waals surface area contributed by atoms with E-state index in [9.17, 15) is 28.8 Å². The summed E-state index contributed by atoms with van der Waals surface area (Å²) in [5.41, 5.74) is 0.810. The number of fused-ring (bicyclic) bond motifs is 4. The zero-order chi connectivity index (χ0) is 45.2. The van der Waals surface area contributed by atoms with Crippen LogP contribution < -0.4 is 21.3 Å². The molecule has 2 aliphatic carbocycles. The highest BCUT2D eigenvalue weighted by Gasteiger charge is 2.72. The van der Waals surface area contributed by atoms with Gasteiger partial charge in [-0.05, 0) is 105 Å². The van der Waals surface area contributed by atoms with Crippen molar-refractivity contribution in [2.24, 2.45) is 11.8 Å². The Hall–Kier alpha value is -5.65. The Kier molecular flexibility index (Phi) is 11.3. The maximum atomic E-state index is 16.1. The van der Waals surface area contributed by atoms with Crippen molar-refractivity contribution >= 4 is 52.7 Å². The molecule has 4 N–H and O–H groups in total. The van der Waals surface area contributed by atoms with E-state index < -0.39 is 46.5 Å². The van der Waals surface area contributed by atoms with Crippen molar-refractivity contribution in [3.8, 4) is 11.8 Å². The number of benzene rings is 3. The molecule has 0 bridgehead atoms. The van der Waals surface area contributed by atoms with Gasteiger partial charge >= 0.3 is 0 Å². The van der Waals surface area contributed by atoms with Crippen molar-refractivity contribution in [1.82, 2.24) is 25.8 Å². The van der Waals surface area contributed by atoms with Crippen molar-refractivity contribution in [3.63, 3.8) is 0 Å². The van der Waals surface area contributed by atoms with Gasteiger partial charge < -0.3 is 20.4 Å². The number of hydrogen-bond acceptors (Lipinski definition) is 7. The first-order chi connectivity index (χ1) is 31.4. The highest BCUT2D eigenvalue weighted by Crippen LogP contribution is 2.62. The fourth-order valence-corrected chi connectivity index (χ4v) is 12.6. The average Bonchev–Trinajstić information content (AvgIpc) is 3.90. The molecule has 0 aromatic heterocycles. The van der Waals surface area contributed by atoms with Crippen LogP contribution in [0.15, 0.2) is 54.6 Å². The predicted octanol–water partition coefficient (Wildman–Crippen LogP) is 5.99. The van der Waals surface area contributed by atoms with Crippen molar-refractivity contribution in [3.05, 3.63) is 99.1 Å². The van der Waals surface area contributed by atoms with E-state index >= 15 is 8.78 Å². The number of halogens is 3. The molecule has 65 heavy (non-hydrogen) atoms. The highest BCUT2D eigenvalue weighted by molar-refractivity contribution is 6.31. The molecule has 2 saturated carbocycles. The van der Waals surface area contributed by atoms with Crippen LogP contribution in [0.2, 0.25) is 5.02 Å². The number of nitrogens with one attached hydrogen (secondary N) is 4. The molecular formula is C50H51ClF2N6O6. The Balaban J connectivity index is 0.787. The number of amides is 6. The Labute approximate surface area is 381 Å². The first-order valence-electron chi connectivity index (χ1n) is 23.1. The standard InChI is InChI=1S/C50H51ClF2N6O6/c51-31-14-17-36-38(26-31)55-48(65)50(36)41(34-8-5-9-37(52)42(34)53)43(57-49(50)22-2-1-3-23-49)45(62)54-32-15-12-30(13-16-32)46(63)58-24-20-28(21-25-58)10-11-29-6-4-7-33-35(29)27-59(47(33)64)39-18-19-40(60)56-44(39)61/h4-9,14,17,26,28,30,32,39,41,43,57H,1-3,12-13,15-16,18-25,27H2,(H,54,62)(H,55,65)(H,56,60,61)/t30?,32?,39?,41-,43+,50+/m0/s1. The number of nitrogens with zero attached hydrogens (tertiary/aromatic N) is 2. The molecule has 338 valence electrons. The van der Waals surface area contributed by atoms with E-state index in [4.69, 9.17) is 11.6 Å². The molecule has 1 unspecified atom stereocenters. The molecule has 2 spiro atoms. The Morgan fingerprint density at radius 2 is 1.62 bits per heavy atom. The normalized spacial score (nSPS) is 28.4. The third-order valence-corrected chi connectivity index (χ3v) is 15.8. The van der Waals surface area contributed by atoms with Gasteiger partial charge in [-0.3, -0.25) is 39.4 Å². The molecule has 0 radical (unpaired) electrons. The van der Waals surface area contributed by atoms with Crippen molar-refractivity contribution in [2.45, 2.75) is 125 Å². The third kappa shape index (κ3) is 7.30. The van der Waals surface area contributed by atoms with Crippen LogP contribution in [0.4, 0.5) is 14.5 Å². The molecule has 3 saturated heterocycles. The quantitative estimate of drug-likeness (QED) is 0.181. The van der Waals surface area contributed by atoms with Gasteiger partial charge in [0.05, 0.1) is 6.04 Å². The maximum absolute atomic E-state index is 16.1. The first kappa shape index (κ1) is 43.3. The number of piperidine rings is 2. The van der Waals surface area contributed by atoms with Gasteiger partial charge in [0.2, 0.25) is 29.5 Å². The van der Waals surface area contributed by atoms with E-state index in [2.05, 4.69) is 33.1 Å². The molecule has 3 aromatic carbocycles. The lowest BCUT2D eigenvalue weighted by Crippen LogP contribution is -2.60. The number of likely N-dealkylation sites (tertiary alicyclic amines) is 1. The lowest BCUT2D eigenvalue weighted by Gasteiger charge is -2.47. The second-order valence-corrected chi connectivity index (χ2v) is 19.4. The minimum atomic E-state index is -1.42. The molecule has 4 atom stereocenters. The van der Waals surface area contributed by atoms with Crippen LogP contribution in [-0.4, -0.2) is 82.0 Å². The minimum absolute atomic E-state index is 0.0273. The van der Waals surface area contributed by atoms with Crippen LogP contribution in [-0.2, 0) is 35.9 Å². The summed E-state index contributed by atoms with van der Waals surface area (Å²) in [7, 11) is 0. The number of rotatable bonds is 5. The molecule has 6 amide bonds. The van der Waals surface area contributed by atoms with Gasteiger partial charge in [0.25, 0.3) is 5.91 Å². The molecular weight excluding hydrogens is 854 g/mol. The highest BCUT2D eigenvalue weighted by atomic mass is 35.5. The number of carbonyl (C=O) groups is 6. The van der Waals surface area contributed by atoms with E-state index in [1.54, 1.807) is 30.3 Å². The summed E-state index contributed by atoms with van der Waals surface area (Å²) in [6.07, 6.45) is 7.89. The van der Waals surface area contributed by atoms with E-state index in [1.807, 2.05) is 11.0 Å². The van der Waals surface area contributed by atoms with Gasteiger partial charge in [-0.15, -0.1) is 0 Å². The first-order valence-corrected chi connectivity index (χ1v) is 23.5. The van der Waals surface area contributed by atoms with E-state index in [1.165, 1.54) is 17.0 Å². The fourth-order valence-electron chi connectivity index (χ4n) is 12.4. The monoisotopic (exact) mass is 904 g/mol. The average molecular weight is 905 g/mol.